The summed E-state index contributed by atoms with van der Waals surface area (Å²) in [5.41, 5.74) is 1.73. The van der Waals surface area contributed by atoms with E-state index in [1.807, 2.05) is 24.3 Å². The highest BCUT2D eigenvalue weighted by Crippen LogP contribution is 2.36. The van der Waals surface area contributed by atoms with Gasteiger partial charge in [-0.25, -0.2) is 9.48 Å². The molecular weight excluding hydrogens is 378 g/mol. The molecule has 0 aliphatic carbocycles. The standard InChI is InChI=1S/C19H17N5O3S/c1-4-27-19(26)16-11(2)14(10-20)17(28-16)22-21-15-12(3)23-24(18(15)25)13-8-6-5-7-9-13/h5-9,23H,4H2,1-3H3. The Morgan fingerprint density at radius 3 is 2.64 bits per heavy atom. The number of carbonyl (C=O) groups excluding carboxylic acids is 1. The molecule has 8 nitrogen and oxygen atoms in total. The van der Waals surface area contributed by atoms with E-state index in [0.717, 1.165) is 11.3 Å². The molecule has 1 aromatic carbocycles. The molecule has 3 rings (SSSR count). The van der Waals surface area contributed by atoms with Gasteiger partial charge in [-0.3, -0.25) is 9.89 Å². The van der Waals surface area contributed by atoms with Crippen LogP contribution in [0.3, 0.4) is 0 Å². The maximum Gasteiger partial charge on any atom is 0.348 e. The fraction of sp³-hybridized carbons (Fsp3) is 0.211. The molecule has 2 heterocycles. The van der Waals surface area contributed by atoms with Gasteiger partial charge in [0.1, 0.15) is 10.9 Å². The van der Waals surface area contributed by atoms with Crippen LogP contribution in [0, 0.1) is 25.2 Å². The number of benzene rings is 1. The molecule has 1 N–H and O–H groups in total. The quantitative estimate of drug-likeness (QED) is 0.512. The first-order valence-corrected chi connectivity index (χ1v) is 9.29. The zero-order valence-electron chi connectivity index (χ0n) is 15.5. The fourth-order valence-corrected chi connectivity index (χ4v) is 3.57. The van der Waals surface area contributed by atoms with Crippen molar-refractivity contribution in [2.75, 3.05) is 6.61 Å². The maximum absolute atomic E-state index is 12.7. The van der Waals surface area contributed by atoms with Crippen molar-refractivity contribution in [2.45, 2.75) is 20.8 Å². The number of carbonyl (C=O) groups is 1. The van der Waals surface area contributed by atoms with E-state index >= 15 is 0 Å². The number of hydrogen-bond acceptors (Lipinski definition) is 7. The molecule has 0 atom stereocenters. The monoisotopic (exact) mass is 395 g/mol. The van der Waals surface area contributed by atoms with Crippen LogP contribution in [0.15, 0.2) is 45.4 Å². The Kier molecular flexibility index (Phi) is 5.52. The van der Waals surface area contributed by atoms with Crippen molar-refractivity contribution >= 4 is 28.0 Å². The van der Waals surface area contributed by atoms with Gasteiger partial charge >= 0.3 is 5.97 Å². The van der Waals surface area contributed by atoms with E-state index < -0.39 is 5.97 Å². The van der Waals surface area contributed by atoms with Crippen molar-refractivity contribution in [1.82, 2.24) is 9.78 Å². The summed E-state index contributed by atoms with van der Waals surface area (Å²) in [7, 11) is 0. The molecule has 0 aliphatic rings. The Morgan fingerprint density at radius 1 is 1.29 bits per heavy atom. The molecule has 142 valence electrons. The van der Waals surface area contributed by atoms with Crippen molar-refractivity contribution < 1.29 is 9.53 Å². The fourth-order valence-electron chi connectivity index (χ4n) is 2.60. The third-order valence-electron chi connectivity index (χ3n) is 4.00. The molecular formula is C19H17N5O3S. The molecule has 0 radical (unpaired) electrons. The lowest BCUT2D eigenvalue weighted by Gasteiger charge is -1.99. The molecule has 0 fully saturated rings. The second-order valence-electron chi connectivity index (χ2n) is 5.83. The van der Waals surface area contributed by atoms with Gasteiger partial charge in [-0.1, -0.05) is 18.2 Å². The Balaban J connectivity index is 2.01. The van der Waals surface area contributed by atoms with E-state index in [9.17, 15) is 14.9 Å². The van der Waals surface area contributed by atoms with E-state index in [-0.39, 0.29) is 28.4 Å². The van der Waals surface area contributed by atoms with E-state index in [1.54, 1.807) is 32.9 Å². The molecule has 0 unspecified atom stereocenters. The highest BCUT2D eigenvalue weighted by molar-refractivity contribution is 7.18. The maximum atomic E-state index is 12.7. The largest absolute Gasteiger partial charge is 0.462 e. The van der Waals surface area contributed by atoms with Crippen LogP contribution in [0.25, 0.3) is 5.69 Å². The van der Waals surface area contributed by atoms with Crippen molar-refractivity contribution in [3.05, 3.63) is 62.4 Å². The Morgan fingerprint density at radius 2 is 2.00 bits per heavy atom. The van der Waals surface area contributed by atoms with Gasteiger partial charge in [-0.15, -0.1) is 21.6 Å². The molecule has 0 bridgehead atoms. The lowest BCUT2D eigenvalue weighted by molar-refractivity contribution is 0.0531. The number of hydrogen-bond donors (Lipinski definition) is 1. The topological polar surface area (TPSA) is 113 Å². The van der Waals surface area contributed by atoms with Crippen molar-refractivity contribution in [2.24, 2.45) is 10.2 Å². The number of para-hydroxylation sites is 1. The zero-order valence-corrected chi connectivity index (χ0v) is 16.3. The number of nitrogens with zero attached hydrogens (tertiary/aromatic N) is 4. The summed E-state index contributed by atoms with van der Waals surface area (Å²) in [5.74, 6) is -0.507. The minimum atomic E-state index is -0.507. The third-order valence-corrected chi connectivity index (χ3v) is 5.15. The number of aryl methyl sites for hydroxylation is 1. The predicted molar refractivity (Wildman–Crippen MR) is 105 cm³/mol. The number of thiophene rings is 1. The average Bonchev–Trinajstić information content (AvgIpc) is 3.16. The van der Waals surface area contributed by atoms with Gasteiger partial charge in [0.2, 0.25) is 0 Å². The van der Waals surface area contributed by atoms with Gasteiger partial charge in [0.05, 0.1) is 23.6 Å². The SMILES string of the molecule is CCOC(=O)c1sc(N=Nc2c(C)[nH]n(-c3ccccc3)c2=O)c(C#N)c1C. The van der Waals surface area contributed by atoms with Gasteiger partial charge in [0.15, 0.2) is 10.7 Å². The number of azo groups is 1. The molecule has 3 aromatic rings. The summed E-state index contributed by atoms with van der Waals surface area (Å²) in [5, 5.41) is 20.8. The van der Waals surface area contributed by atoms with Crippen LogP contribution in [0.5, 0.6) is 0 Å². The molecule has 0 amide bonds. The van der Waals surface area contributed by atoms with E-state index in [0.29, 0.717) is 21.8 Å². The summed E-state index contributed by atoms with van der Waals surface area (Å²) in [6, 6.07) is 11.1. The van der Waals surface area contributed by atoms with Crippen LogP contribution in [-0.2, 0) is 4.74 Å². The van der Waals surface area contributed by atoms with Gasteiger partial charge in [0.25, 0.3) is 5.56 Å². The molecule has 9 heteroatoms. The predicted octanol–water partition coefficient (Wildman–Crippen LogP) is 4.31. The van der Waals surface area contributed by atoms with Gasteiger partial charge in [0, 0.05) is 0 Å². The van der Waals surface area contributed by atoms with E-state index in [4.69, 9.17) is 4.74 Å². The normalized spacial score (nSPS) is 10.9. The summed E-state index contributed by atoms with van der Waals surface area (Å²) in [6.45, 7) is 5.31. The van der Waals surface area contributed by atoms with E-state index in [2.05, 4.69) is 15.3 Å². The Bertz CT molecular complexity index is 1150. The first kappa shape index (κ1) is 19.3. The summed E-state index contributed by atoms with van der Waals surface area (Å²) in [6.07, 6.45) is 0. The first-order chi connectivity index (χ1) is 13.5. The number of nitrogens with one attached hydrogen (secondary N) is 1. The minimum absolute atomic E-state index is 0.136. The Hall–Kier alpha value is -3.51. The second kappa shape index (κ2) is 8.02. The number of ether oxygens (including phenoxy) is 1. The number of aromatic amines is 1. The van der Waals surface area contributed by atoms with Crippen molar-refractivity contribution in [1.29, 1.82) is 5.26 Å². The lowest BCUT2D eigenvalue weighted by Crippen LogP contribution is -2.13. The first-order valence-electron chi connectivity index (χ1n) is 8.47. The molecule has 2 aromatic heterocycles. The van der Waals surface area contributed by atoms with Crippen LogP contribution in [0.1, 0.15) is 33.4 Å². The smallest absolute Gasteiger partial charge is 0.348 e. The van der Waals surface area contributed by atoms with Crippen LogP contribution in [0.2, 0.25) is 0 Å². The molecule has 0 spiro atoms. The molecule has 0 saturated heterocycles. The third kappa shape index (κ3) is 3.50. The van der Waals surface area contributed by atoms with Crippen molar-refractivity contribution in [3.8, 4) is 11.8 Å². The molecule has 28 heavy (non-hydrogen) atoms. The number of H-pyrrole nitrogens is 1. The summed E-state index contributed by atoms with van der Waals surface area (Å²) < 4.78 is 6.38. The molecule has 0 aliphatic heterocycles. The van der Waals surface area contributed by atoms with Gasteiger partial charge in [-0.2, -0.15) is 5.26 Å². The van der Waals surface area contributed by atoms with E-state index in [1.165, 1.54) is 4.68 Å². The van der Waals surface area contributed by atoms with Gasteiger partial charge < -0.3 is 4.74 Å². The average molecular weight is 395 g/mol. The van der Waals surface area contributed by atoms with Gasteiger partial charge in [-0.05, 0) is 38.5 Å². The number of nitriles is 1. The molecule has 0 saturated carbocycles. The second-order valence-corrected chi connectivity index (χ2v) is 6.83. The number of aromatic nitrogens is 2. The number of rotatable bonds is 5. The highest BCUT2D eigenvalue weighted by atomic mass is 32.1. The summed E-state index contributed by atoms with van der Waals surface area (Å²) in [4.78, 5) is 25.0. The van der Waals surface area contributed by atoms with Crippen LogP contribution in [0.4, 0.5) is 10.7 Å². The van der Waals surface area contributed by atoms with Crippen LogP contribution in [-0.4, -0.2) is 22.4 Å². The van der Waals surface area contributed by atoms with Crippen molar-refractivity contribution in [3.63, 3.8) is 0 Å². The zero-order chi connectivity index (χ0) is 20.3. The highest BCUT2D eigenvalue weighted by Gasteiger charge is 2.21. The number of esters is 1. The minimum Gasteiger partial charge on any atom is -0.462 e. The summed E-state index contributed by atoms with van der Waals surface area (Å²) >= 11 is 1.02. The van der Waals surface area contributed by atoms with Crippen LogP contribution >= 0.6 is 11.3 Å². The lowest BCUT2D eigenvalue weighted by atomic mass is 10.2. The Labute approximate surface area is 164 Å². The van der Waals surface area contributed by atoms with Crippen LogP contribution < -0.4 is 5.56 Å².